The van der Waals surface area contributed by atoms with E-state index in [4.69, 9.17) is 10.5 Å². The van der Waals surface area contributed by atoms with E-state index < -0.39 is 0 Å². The van der Waals surface area contributed by atoms with Crippen LogP contribution in [0.15, 0.2) is 0 Å². The second-order valence-corrected chi connectivity index (χ2v) is 4.24. The molecule has 4 heteroatoms. The molecule has 1 heterocycles. The van der Waals surface area contributed by atoms with Gasteiger partial charge in [0.25, 0.3) is 0 Å². The number of nitrogens with two attached hydrogens (primary N) is 1. The first-order chi connectivity index (χ1) is 7.15. The molecular formula is C11H22N2O2. The summed E-state index contributed by atoms with van der Waals surface area (Å²) in [5.74, 6) is 0.553. The number of nitrogens with zero attached hydrogens (tertiary/aromatic N) is 1. The predicted molar refractivity (Wildman–Crippen MR) is 59.4 cm³/mol. The van der Waals surface area contributed by atoms with Crippen molar-refractivity contribution < 1.29 is 9.53 Å². The number of hydrogen-bond donors (Lipinski definition) is 1. The first kappa shape index (κ1) is 12.5. The summed E-state index contributed by atoms with van der Waals surface area (Å²) in [4.78, 5) is 13.6. The van der Waals surface area contributed by atoms with Crippen LogP contribution in [0.1, 0.15) is 26.7 Å². The summed E-state index contributed by atoms with van der Waals surface area (Å²) in [6, 6.07) is -0.379. The summed E-state index contributed by atoms with van der Waals surface area (Å²) in [6.07, 6.45) is 2.22. The molecule has 2 N–H and O–H groups in total. The van der Waals surface area contributed by atoms with Crippen LogP contribution in [0.3, 0.4) is 0 Å². The highest BCUT2D eigenvalue weighted by Crippen LogP contribution is 2.17. The van der Waals surface area contributed by atoms with Crippen molar-refractivity contribution in [2.75, 3.05) is 26.3 Å². The van der Waals surface area contributed by atoms with Gasteiger partial charge in [-0.15, -0.1) is 0 Å². The van der Waals surface area contributed by atoms with Crippen molar-refractivity contribution in [2.45, 2.75) is 32.7 Å². The van der Waals surface area contributed by atoms with Crippen molar-refractivity contribution in [1.29, 1.82) is 0 Å². The molecule has 15 heavy (non-hydrogen) atoms. The third kappa shape index (κ3) is 3.80. The van der Waals surface area contributed by atoms with Crippen molar-refractivity contribution in [3.8, 4) is 0 Å². The zero-order valence-corrected chi connectivity index (χ0v) is 9.74. The lowest BCUT2D eigenvalue weighted by atomic mass is 9.98. The second kappa shape index (κ2) is 6.08. The minimum absolute atomic E-state index is 0.0659. The molecule has 1 rings (SSSR count). The Labute approximate surface area is 91.8 Å². The van der Waals surface area contributed by atoms with E-state index in [2.05, 4.69) is 0 Å². The van der Waals surface area contributed by atoms with Gasteiger partial charge in [0.1, 0.15) is 0 Å². The van der Waals surface area contributed by atoms with Crippen molar-refractivity contribution in [3.05, 3.63) is 0 Å². The summed E-state index contributed by atoms with van der Waals surface area (Å²) in [5, 5.41) is 0. The average molecular weight is 214 g/mol. The minimum atomic E-state index is -0.379. The van der Waals surface area contributed by atoms with Gasteiger partial charge in [0.05, 0.1) is 12.6 Å². The fourth-order valence-corrected chi connectivity index (χ4v) is 1.97. The molecule has 0 saturated carbocycles. The van der Waals surface area contributed by atoms with Crippen LogP contribution in [-0.2, 0) is 9.53 Å². The van der Waals surface area contributed by atoms with E-state index in [1.54, 1.807) is 6.92 Å². The van der Waals surface area contributed by atoms with E-state index in [9.17, 15) is 4.79 Å². The summed E-state index contributed by atoms with van der Waals surface area (Å²) in [7, 11) is 0. The first-order valence-electron chi connectivity index (χ1n) is 5.77. The Balaban J connectivity index is 2.38. The molecule has 0 aromatic rings. The van der Waals surface area contributed by atoms with Gasteiger partial charge in [0.2, 0.25) is 5.91 Å². The van der Waals surface area contributed by atoms with E-state index in [1.165, 1.54) is 0 Å². The number of piperidine rings is 1. The standard InChI is InChI=1S/C11H22N2O2/c1-3-15-8-10-5-4-6-13(7-10)11(14)9(2)12/h9-10H,3-8,12H2,1-2H3/t9-,10+/m1/s1. The third-order valence-corrected chi connectivity index (χ3v) is 2.78. The molecule has 1 aliphatic heterocycles. The van der Waals surface area contributed by atoms with Crippen LogP contribution in [0, 0.1) is 5.92 Å². The maximum absolute atomic E-state index is 11.7. The highest BCUT2D eigenvalue weighted by atomic mass is 16.5. The fraction of sp³-hybridized carbons (Fsp3) is 0.909. The maximum atomic E-state index is 11.7. The summed E-state index contributed by atoms with van der Waals surface area (Å²) in [5.41, 5.74) is 5.59. The number of carbonyl (C=O) groups is 1. The molecule has 0 aromatic heterocycles. The molecule has 4 nitrogen and oxygen atoms in total. The molecule has 2 atom stereocenters. The monoisotopic (exact) mass is 214 g/mol. The van der Waals surface area contributed by atoms with E-state index in [1.807, 2.05) is 11.8 Å². The fourth-order valence-electron chi connectivity index (χ4n) is 1.97. The Kier molecular flexibility index (Phi) is 5.05. The van der Waals surface area contributed by atoms with Gasteiger partial charge in [0.15, 0.2) is 0 Å². The molecule has 0 bridgehead atoms. The SMILES string of the molecule is CCOC[C@H]1CCCN(C(=O)[C@@H](C)N)C1. The molecule has 1 saturated heterocycles. The van der Waals surface area contributed by atoms with Crippen molar-refractivity contribution >= 4 is 5.91 Å². The number of hydrogen-bond acceptors (Lipinski definition) is 3. The van der Waals surface area contributed by atoms with E-state index in [-0.39, 0.29) is 11.9 Å². The van der Waals surface area contributed by atoms with Gasteiger partial charge in [-0.1, -0.05) is 0 Å². The molecule has 0 aromatic carbocycles. The number of carbonyl (C=O) groups excluding carboxylic acids is 1. The molecule has 1 fully saturated rings. The molecule has 1 aliphatic rings. The molecule has 0 radical (unpaired) electrons. The van der Waals surface area contributed by atoms with Gasteiger partial charge in [-0.25, -0.2) is 0 Å². The van der Waals surface area contributed by atoms with Gasteiger partial charge in [-0.3, -0.25) is 4.79 Å². The average Bonchev–Trinajstić information content (AvgIpc) is 2.25. The van der Waals surface area contributed by atoms with Crippen LogP contribution >= 0.6 is 0 Å². The Bertz CT molecular complexity index is 207. The second-order valence-electron chi connectivity index (χ2n) is 4.24. The zero-order valence-electron chi connectivity index (χ0n) is 9.74. The lowest BCUT2D eigenvalue weighted by Crippen LogP contribution is -2.47. The van der Waals surface area contributed by atoms with Crippen LogP contribution < -0.4 is 5.73 Å². The molecule has 0 aliphatic carbocycles. The van der Waals surface area contributed by atoms with Crippen molar-refractivity contribution in [3.63, 3.8) is 0 Å². The normalized spacial score (nSPS) is 23.9. The number of rotatable bonds is 4. The van der Waals surface area contributed by atoms with E-state index in [0.717, 1.165) is 39.1 Å². The predicted octanol–water partition coefficient (Wildman–Crippen LogP) is 0.609. The summed E-state index contributed by atoms with van der Waals surface area (Å²) < 4.78 is 5.39. The van der Waals surface area contributed by atoms with Crippen LogP contribution in [0.5, 0.6) is 0 Å². The van der Waals surface area contributed by atoms with Gasteiger partial charge in [0, 0.05) is 19.7 Å². The highest BCUT2D eigenvalue weighted by molar-refractivity contribution is 5.81. The summed E-state index contributed by atoms with van der Waals surface area (Å²) in [6.45, 7) is 6.91. The minimum Gasteiger partial charge on any atom is -0.381 e. The molecule has 0 spiro atoms. The van der Waals surface area contributed by atoms with Crippen LogP contribution in [-0.4, -0.2) is 43.2 Å². The van der Waals surface area contributed by atoms with Crippen LogP contribution in [0.25, 0.3) is 0 Å². The molecule has 0 unspecified atom stereocenters. The largest absolute Gasteiger partial charge is 0.381 e. The van der Waals surface area contributed by atoms with Gasteiger partial charge in [-0.2, -0.15) is 0 Å². The number of ether oxygens (including phenoxy) is 1. The Hall–Kier alpha value is -0.610. The van der Waals surface area contributed by atoms with Gasteiger partial charge in [-0.05, 0) is 32.6 Å². The quantitative estimate of drug-likeness (QED) is 0.746. The summed E-state index contributed by atoms with van der Waals surface area (Å²) >= 11 is 0. The Morgan fingerprint density at radius 3 is 3.00 bits per heavy atom. The molecular weight excluding hydrogens is 192 g/mol. The smallest absolute Gasteiger partial charge is 0.239 e. The van der Waals surface area contributed by atoms with Gasteiger partial charge >= 0.3 is 0 Å². The van der Waals surface area contributed by atoms with Crippen LogP contribution in [0.4, 0.5) is 0 Å². The van der Waals surface area contributed by atoms with Crippen molar-refractivity contribution in [2.24, 2.45) is 11.7 Å². The number of likely N-dealkylation sites (tertiary alicyclic amines) is 1. The topological polar surface area (TPSA) is 55.6 Å². The lowest BCUT2D eigenvalue weighted by Gasteiger charge is -2.33. The maximum Gasteiger partial charge on any atom is 0.239 e. The van der Waals surface area contributed by atoms with Crippen molar-refractivity contribution in [1.82, 2.24) is 4.90 Å². The Morgan fingerprint density at radius 2 is 2.40 bits per heavy atom. The van der Waals surface area contributed by atoms with E-state index >= 15 is 0 Å². The molecule has 88 valence electrons. The zero-order chi connectivity index (χ0) is 11.3. The van der Waals surface area contributed by atoms with E-state index in [0.29, 0.717) is 5.92 Å². The highest BCUT2D eigenvalue weighted by Gasteiger charge is 2.25. The number of amides is 1. The Morgan fingerprint density at radius 1 is 1.67 bits per heavy atom. The van der Waals surface area contributed by atoms with Crippen LogP contribution in [0.2, 0.25) is 0 Å². The van der Waals surface area contributed by atoms with Gasteiger partial charge < -0.3 is 15.4 Å². The first-order valence-corrected chi connectivity index (χ1v) is 5.77. The lowest BCUT2D eigenvalue weighted by molar-refractivity contribution is -0.134. The third-order valence-electron chi connectivity index (χ3n) is 2.78. The molecule has 1 amide bonds.